The lowest BCUT2D eigenvalue weighted by molar-refractivity contribution is 0.121. The number of carbonyl (C=O) groups is 1. The fourth-order valence-electron chi connectivity index (χ4n) is 3.11. The molecule has 0 unspecified atom stereocenters. The Labute approximate surface area is 184 Å². The van der Waals surface area contributed by atoms with Gasteiger partial charge in [0.05, 0.1) is 52.8 Å². The zero-order valence-corrected chi connectivity index (χ0v) is 18.0. The first kappa shape index (κ1) is 21.6. The molecule has 13 heteroatoms. The third kappa shape index (κ3) is 4.24. The number of aromatic nitrogens is 6. The molecule has 10 nitrogen and oxygen atoms in total. The van der Waals surface area contributed by atoms with Gasteiger partial charge in [-0.1, -0.05) is 11.3 Å². The van der Waals surface area contributed by atoms with E-state index in [9.17, 15) is 13.6 Å². The van der Waals surface area contributed by atoms with Gasteiger partial charge in [-0.15, -0.1) is 4.80 Å². The number of urea groups is 1. The van der Waals surface area contributed by atoms with Gasteiger partial charge in [0, 0.05) is 12.7 Å². The molecule has 4 aromatic rings. The minimum atomic E-state index is -2.85. The summed E-state index contributed by atoms with van der Waals surface area (Å²) < 4.78 is 32.5. The SMILES string of the molecule is CO[C@@H](C)c1c(NC(=O)Nc2cnc(-n3nccn3)c(C(F)F)c2)cnc2sc(C)nc12. The van der Waals surface area contributed by atoms with Gasteiger partial charge in [0.25, 0.3) is 6.43 Å². The smallest absolute Gasteiger partial charge is 0.323 e. The number of methoxy groups -OCH3 is 1. The molecule has 4 heterocycles. The van der Waals surface area contributed by atoms with Crippen LogP contribution in [0.2, 0.25) is 0 Å². The number of anilines is 2. The van der Waals surface area contributed by atoms with Crippen molar-refractivity contribution in [3.63, 3.8) is 0 Å². The highest BCUT2D eigenvalue weighted by Gasteiger charge is 2.21. The molecule has 0 aliphatic rings. The summed E-state index contributed by atoms with van der Waals surface area (Å²) in [4.78, 5) is 27.2. The summed E-state index contributed by atoms with van der Waals surface area (Å²) in [6.07, 6.45) is 2.24. The molecule has 0 aliphatic heterocycles. The van der Waals surface area contributed by atoms with Crippen LogP contribution in [0, 0.1) is 6.92 Å². The molecule has 32 heavy (non-hydrogen) atoms. The third-order valence-corrected chi connectivity index (χ3v) is 5.46. The van der Waals surface area contributed by atoms with Crippen LogP contribution in [0.3, 0.4) is 0 Å². The Morgan fingerprint density at radius 2 is 1.94 bits per heavy atom. The van der Waals surface area contributed by atoms with Crippen LogP contribution in [0.5, 0.6) is 0 Å². The second-order valence-electron chi connectivity index (χ2n) is 6.69. The Bertz CT molecular complexity index is 1260. The van der Waals surface area contributed by atoms with Crippen LogP contribution < -0.4 is 10.6 Å². The van der Waals surface area contributed by atoms with Crippen LogP contribution in [0.25, 0.3) is 16.2 Å². The zero-order chi connectivity index (χ0) is 22.8. The van der Waals surface area contributed by atoms with E-state index in [-0.39, 0.29) is 17.6 Å². The Morgan fingerprint density at radius 1 is 1.19 bits per heavy atom. The number of halogens is 2. The van der Waals surface area contributed by atoms with Crippen LogP contribution in [0.15, 0.2) is 30.9 Å². The van der Waals surface area contributed by atoms with E-state index in [1.165, 1.54) is 36.1 Å². The van der Waals surface area contributed by atoms with Crippen LogP contribution in [-0.4, -0.2) is 43.1 Å². The first-order valence-electron chi connectivity index (χ1n) is 9.39. The summed E-state index contributed by atoms with van der Waals surface area (Å²) in [6, 6.07) is 0.467. The molecule has 4 rings (SSSR count). The van der Waals surface area contributed by atoms with Crippen molar-refractivity contribution < 1.29 is 18.3 Å². The van der Waals surface area contributed by atoms with Gasteiger partial charge in [0.1, 0.15) is 10.3 Å². The number of rotatable bonds is 6. The minimum Gasteiger partial charge on any atom is -0.377 e. The molecule has 166 valence electrons. The molecule has 0 saturated carbocycles. The van der Waals surface area contributed by atoms with E-state index in [4.69, 9.17) is 4.74 Å². The van der Waals surface area contributed by atoms with Crippen LogP contribution in [-0.2, 0) is 4.74 Å². The van der Waals surface area contributed by atoms with Gasteiger partial charge in [-0.3, -0.25) is 0 Å². The summed E-state index contributed by atoms with van der Waals surface area (Å²) in [5, 5.41) is 13.7. The second kappa shape index (κ2) is 8.88. The maximum atomic E-state index is 13.5. The summed E-state index contributed by atoms with van der Waals surface area (Å²) in [6.45, 7) is 3.69. The number of thiazole rings is 1. The van der Waals surface area contributed by atoms with Gasteiger partial charge in [-0.05, 0) is 19.9 Å². The van der Waals surface area contributed by atoms with Gasteiger partial charge in [-0.25, -0.2) is 28.5 Å². The first-order chi connectivity index (χ1) is 15.4. The van der Waals surface area contributed by atoms with Crippen molar-refractivity contribution >= 4 is 39.1 Å². The number of hydrogen-bond donors (Lipinski definition) is 2. The second-order valence-corrected chi connectivity index (χ2v) is 7.87. The Hall–Kier alpha value is -3.58. The van der Waals surface area contributed by atoms with Gasteiger partial charge in [0.2, 0.25) is 0 Å². The first-order valence-corrected chi connectivity index (χ1v) is 10.2. The van der Waals surface area contributed by atoms with Crippen LogP contribution in [0.1, 0.15) is 35.6 Å². The molecule has 2 amide bonds. The van der Waals surface area contributed by atoms with Crippen molar-refractivity contribution in [2.24, 2.45) is 0 Å². The van der Waals surface area contributed by atoms with Crippen molar-refractivity contribution in [1.82, 2.24) is 29.9 Å². The highest BCUT2D eigenvalue weighted by atomic mass is 32.1. The molecular weight excluding hydrogens is 442 g/mol. The number of fused-ring (bicyclic) bond motifs is 1. The highest BCUT2D eigenvalue weighted by molar-refractivity contribution is 7.18. The molecule has 0 aliphatic carbocycles. The van der Waals surface area contributed by atoms with Crippen molar-refractivity contribution in [3.05, 3.63) is 47.0 Å². The molecule has 4 aromatic heterocycles. The zero-order valence-electron chi connectivity index (χ0n) is 17.2. The minimum absolute atomic E-state index is 0.0774. The number of carbonyl (C=O) groups excluding carboxylic acids is 1. The predicted octanol–water partition coefficient (Wildman–Crippen LogP) is 4.26. The van der Waals surface area contributed by atoms with Gasteiger partial charge < -0.3 is 15.4 Å². The largest absolute Gasteiger partial charge is 0.377 e. The van der Waals surface area contributed by atoms with E-state index in [1.54, 1.807) is 7.11 Å². The number of nitrogens with zero attached hydrogens (tertiary/aromatic N) is 6. The maximum Gasteiger partial charge on any atom is 0.323 e. The predicted molar refractivity (Wildman–Crippen MR) is 114 cm³/mol. The van der Waals surface area contributed by atoms with E-state index < -0.39 is 18.0 Å². The van der Waals surface area contributed by atoms with E-state index in [0.29, 0.717) is 16.8 Å². The number of amides is 2. The van der Waals surface area contributed by atoms with Crippen molar-refractivity contribution in [2.75, 3.05) is 17.7 Å². The molecule has 0 spiro atoms. The monoisotopic (exact) mass is 460 g/mol. The quantitative estimate of drug-likeness (QED) is 0.441. The van der Waals surface area contributed by atoms with Crippen molar-refractivity contribution in [3.8, 4) is 5.82 Å². The number of alkyl halides is 2. The van der Waals surface area contributed by atoms with E-state index in [1.807, 2.05) is 13.8 Å². The molecule has 1 atom stereocenters. The fraction of sp³-hybridized carbons (Fsp3) is 0.263. The molecule has 0 saturated heterocycles. The average molecular weight is 460 g/mol. The van der Waals surface area contributed by atoms with Crippen LogP contribution >= 0.6 is 11.3 Å². The molecular formula is C19H18F2N8O2S. The third-order valence-electron chi connectivity index (χ3n) is 4.58. The van der Waals surface area contributed by atoms with E-state index in [0.717, 1.165) is 20.7 Å². The van der Waals surface area contributed by atoms with E-state index in [2.05, 4.69) is 35.8 Å². The Morgan fingerprint density at radius 3 is 2.62 bits per heavy atom. The number of aryl methyl sites for hydroxylation is 1. The fourth-order valence-corrected chi connectivity index (χ4v) is 3.88. The van der Waals surface area contributed by atoms with Crippen molar-refractivity contribution in [2.45, 2.75) is 26.4 Å². The van der Waals surface area contributed by atoms with Gasteiger partial charge >= 0.3 is 6.03 Å². The standard InChI is InChI=1S/C19H18F2N8O2S/c1-9(31-3)14-13(8-23-18-15(14)26-10(2)32-18)28-19(30)27-11-6-12(16(20)21)17(22-7-11)29-24-4-5-25-29/h4-9,16H,1-3H3,(H2,27,28,30)/t9-/m0/s1. The lowest BCUT2D eigenvalue weighted by Crippen LogP contribution is -2.21. The van der Waals surface area contributed by atoms with Crippen molar-refractivity contribution in [1.29, 1.82) is 0 Å². The summed E-state index contributed by atoms with van der Waals surface area (Å²) >= 11 is 1.43. The number of ether oxygens (including phenoxy) is 1. The number of hydrogen-bond acceptors (Lipinski definition) is 8. The average Bonchev–Trinajstić information content (AvgIpc) is 3.42. The summed E-state index contributed by atoms with van der Waals surface area (Å²) in [5.41, 5.74) is 1.36. The molecule has 0 bridgehead atoms. The van der Waals surface area contributed by atoms with E-state index >= 15 is 0 Å². The maximum absolute atomic E-state index is 13.5. The highest BCUT2D eigenvalue weighted by Crippen LogP contribution is 2.34. The number of pyridine rings is 2. The molecule has 0 fully saturated rings. The summed E-state index contributed by atoms with van der Waals surface area (Å²) in [5.74, 6) is -0.124. The molecule has 0 radical (unpaired) electrons. The lowest BCUT2D eigenvalue weighted by Gasteiger charge is -2.16. The summed E-state index contributed by atoms with van der Waals surface area (Å²) in [7, 11) is 1.55. The number of nitrogens with one attached hydrogen (secondary N) is 2. The van der Waals surface area contributed by atoms with Crippen LogP contribution in [0.4, 0.5) is 25.0 Å². The normalized spacial score (nSPS) is 12.3. The molecule has 0 aromatic carbocycles. The Kier molecular flexibility index (Phi) is 6.01. The molecule has 2 N–H and O–H groups in total. The van der Waals surface area contributed by atoms with Gasteiger partial charge in [-0.2, -0.15) is 10.2 Å². The lowest BCUT2D eigenvalue weighted by atomic mass is 10.1. The Balaban J connectivity index is 1.60. The topological polar surface area (TPSA) is 120 Å². The van der Waals surface area contributed by atoms with Gasteiger partial charge in [0.15, 0.2) is 5.82 Å².